The Morgan fingerprint density at radius 1 is 0.947 bits per heavy atom. The van der Waals surface area contributed by atoms with Gasteiger partial charge in [0.25, 0.3) is 10.0 Å². The average Bonchev–Trinajstić information content (AvgIpc) is 2.84. The van der Waals surface area contributed by atoms with Gasteiger partial charge in [0.15, 0.2) is 0 Å². The molecule has 0 heterocycles. The van der Waals surface area contributed by atoms with E-state index in [1.165, 1.54) is 23.1 Å². The van der Waals surface area contributed by atoms with E-state index in [0.717, 1.165) is 15.4 Å². The Morgan fingerprint density at radius 3 is 2.21 bits per heavy atom. The third kappa shape index (κ3) is 7.58. The maximum Gasteiger partial charge on any atom is 0.264 e. The maximum atomic E-state index is 13.9. The van der Waals surface area contributed by atoms with Gasteiger partial charge in [-0.15, -0.1) is 0 Å². The van der Waals surface area contributed by atoms with Crippen LogP contribution in [0.5, 0.6) is 0 Å². The number of rotatable bonds is 9. The zero-order chi connectivity index (χ0) is 28.1. The highest BCUT2D eigenvalue weighted by Crippen LogP contribution is 2.27. The van der Waals surface area contributed by atoms with Crippen molar-refractivity contribution < 1.29 is 18.0 Å². The molecular weight excluding hydrogens is 522 g/mol. The van der Waals surface area contributed by atoms with E-state index in [2.05, 4.69) is 5.32 Å². The molecule has 0 fully saturated rings. The van der Waals surface area contributed by atoms with E-state index in [9.17, 15) is 18.0 Å². The van der Waals surface area contributed by atoms with Crippen molar-refractivity contribution in [1.29, 1.82) is 0 Å². The number of aryl methyl sites for hydroxylation is 1. The van der Waals surface area contributed by atoms with Gasteiger partial charge >= 0.3 is 0 Å². The maximum absolute atomic E-state index is 13.9. The molecule has 3 aromatic carbocycles. The molecule has 0 radical (unpaired) electrons. The first-order chi connectivity index (χ1) is 17.8. The summed E-state index contributed by atoms with van der Waals surface area (Å²) in [6.07, 6.45) is 0. The molecule has 3 rings (SSSR count). The Kier molecular flexibility index (Phi) is 9.22. The average molecular weight is 556 g/mol. The summed E-state index contributed by atoms with van der Waals surface area (Å²) < 4.78 is 28.5. The van der Waals surface area contributed by atoms with Gasteiger partial charge in [-0.2, -0.15) is 0 Å². The summed E-state index contributed by atoms with van der Waals surface area (Å²) in [5.74, 6) is -0.860. The number of benzene rings is 3. The van der Waals surface area contributed by atoms with E-state index < -0.39 is 34.1 Å². The summed E-state index contributed by atoms with van der Waals surface area (Å²) in [7, 11) is -4.13. The van der Waals surface area contributed by atoms with E-state index in [4.69, 9.17) is 11.6 Å². The van der Waals surface area contributed by atoms with Gasteiger partial charge in [0, 0.05) is 17.1 Å². The third-order valence-corrected chi connectivity index (χ3v) is 7.83. The number of carbonyl (C=O) groups excluding carboxylic acids is 2. The smallest absolute Gasteiger partial charge is 0.264 e. The lowest BCUT2D eigenvalue weighted by Crippen LogP contribution is -2.54. The molecule has 1 N–H and O–H groups in total. The summed E-state index contributed by atoms with van der Waals surface area (Å²) in [4.78, 5) is 28.5. The van der Waals surface area contributed by atoms with E-state index >= 15 is 0 Å². The zero-order valence-corrected chi connectivity index (χ0v) is 23.9. The predicted molar refractivity (Wildman–Crippen MR) is 152 cm³/mol. The van der Waals surface area contributed by atoms with Crippen molar-refractivity contribution >= 4 is 39.1 Å². The number of carbonyl (C=O) groups is 2. The Bertz CT molecular complexity index is 1390. The molecule has 0 unspecified atom stereocenters. The van der Waals surface area contributed by atoms with Gasteiger partial charge in [0.2, 0.25) is 11.8 Å². The van der Waals surface area contributed by atoms with Crippen molar-refractivity contribution in [1.82, 2.24) is 10.2 Å². The van der Waals surface area contributed by atoms with Crippen LogP contribution in [0.3, 0.4) is 0 Å². The molecule has 0 saturated heterocycles. The van der Waals surface area contributed by atoms with Gasteiger partial charge in [-0.25, -0.2) is 8.42 Å². The minimum Gasteiger partial charge on any atom is -0.350 e. The van der Waals surface area contributed by atoms with Crippen LogP contribution in [0.15, 0.2) is 83.8 Å². The Hall–Kier alpha value is -3.36. The fourth-order valence-corrected chi connectivity index (χ4v) is 5.56. The predicted octanol–water partition coefficient (Wildman–Crippen LogP) is 5.18. The number of sulfonamides is 1. The van der Waals surface area contributed by atoms with Crippen molar-refractivity contribution in [2.45, 2.75) is 57.6 Å². The molecule has 0 spiro atoms. The summed E-state index contributed by atoms with van der Waals surface area (Å²) in [6.45, 7) is 8.78. The second kappa shape index (κ2) is 12.0. The fourth-order valence-electron chi connectivity index (χ4n) is 3.94. The minimum atomic E-state index is -4.13. The number of halogens is 1. The molecule has 0 saturated carbocycles. The zero-order valence-electron chi connectivity index (χ0n) is 22.3. The minimum absolute atomic E-state index is 0.0385. The third-order valence-electron chi connectivity index (χ3n) is 5.81. The number of amides is 2. The van der Waals surface area contributed by atoms with Crippen molar-refractivity contribution in [3.63, 3.8) is 0 Å². The van der Waals surface area contributed by atoms with Gasteiger partial charge in [-0.1, -0.05) is 65.7 Å². The summed E-state index contributed by atoms with van der Waals surface area (Å²) in [5, 5.41) is 3.25. The van der Waals surface area contributed by atoms with Crippen LogP contribution in [0, 0.1) is 6.92 Å². The number of hydrogen-bond acceptors (Lipinski definition) is 4. The molecule has 0 aliphatic rings. The van der Waals surface area contributed by atoms with Crippen LogP contribution in [0.2, 0.25) is 5.02 Å². The SMILES string of the molecule is Cc1cccc(CN(C(=O)CN(c2cccc(Cl)c2)S(=O)(=O)c2ccccc2)[C@H](C)C(=O)NC(C)(C)C)c1. The quantitative estimate of drug-likeness (QED) is 0.394. The lowest BCUT2D eigenvalue weighted by molar-refractivity contribution is -0.140. The van der Waals surface area contributed by atoms with E-state index in [1.807, 2.05) is 52.0 Å². The van der Waals surface area contributed by atoms with Crippen LogP contribution < -0.4 is 9.62 Å². The molecule has 9 heteroatoms. The summed E-state index contributed by atoms with van der Waals surface area (Å²) in [5.41, 5.74) is 1.58. The van der Waals surface area contributed by atoms with Crippen molar-refractivity contribution in [2.24, 2.45) is 0 Å². The molecule has 7 nitrogen and oxygen atoms in total. The topological polar surface area (TPSA) is 86.8 Å². The van der Waals surface area contributed by atoms with Crippen LogP contribution in [0.4, 0.5) is 5.69 Å². The lowest BCUT2D eigenvalue weighted by atomic mass is 10.1. The standard InChI is InChI=1S/C29H34ClN3O4S/c1-21-11-9-12-23(17-21)19-32(22(2)28(35)31-29(3,4)5)27(34)20-33(25-14-10-13-24(30)18-25)38(36,37)26-15-7-6-8-16-26/h6-18,22H,19-20H2,1-5H3,(H,31,35)/t22-/m1/s1. The van der Waals surface area contributed by atoms with Gasteiger partial charge in [-0.05, 0) is 70.5 Å². The second-order valence-corrected chi connectivity index (χ2v) is 12.5. The molecule has 1 atom stereocenters. The highest BCUT2D eigenvalue weighted by molar-refractivity contribution is 7.92. The van der Waals surface area contributed by atoms with Gasteiger partial charge < -0.3 is 10.2 Å². The molecule has 38 heavy (non-hydrogen) atoms. The van der Waals surface area contributed by atoms with Gasteiger partial charge in [-0.3, -0.25) is 13.9 Å². The monoisotopic (exact) mass is 555 g/mol. The molecule has 202 valence electrons. The first kappa shape index (κ1) is 29.2. The van der Waals surface area contributed by atoms with Crippen LogP contribution in [-0.2, 0) is 26.2 Å². The first-order valence-corrected chi connectivity index (χ1v) is 14.1. The molecule has 0 aromatic heterocycles. The van der Waals surface area contributed by atoms with Crippen LogP contribution in [0.1, 0.15) is 38.8 Å². The van der Waals surface area contributed by atoms with Crippen LogP contribution >= 0.6 is 11.6 Å². The van der Waals surface area contributed by atoms with Crippen molar-refractivity contribution in [3.05, 3.63) is 95.0 Å². The second-order valence-electron chi connectivity index (χ2n) is 10.2. The first-order valence-electron chi connectivity index (χ1n) is 12.3. The van der Waals surface area contributed by atoms with Crippen molar-refractivity contribution in [2.75, 3.05) is 10.8 Å². The van der Waals surface area contributed by atoms with Crippen LogP contribution in [-0.4, -0.2) is 43.3 Å². The number of nitrogens with one attached hydrogen (secondary N) is 1. The molecular formula is C29H34ClN3O4S. The summed E-state index contributed by atoms with van der Waals surface area (Å²) in [6, 6.07) is 21.0. The van der Waals surface area contributed by atoms with E-state index in [0.29, 0.717) is 5.02 Å². The van der Waals surface area contributed by atoms with Crippen LogP contribution in [0.25, 0.3) is 0 Å². The normalized spacial score (nSPS) is 12.5. The molecule has 3 aromatic rings. The lowest BCUT2D eigenvalue weighted by Gasteiger charge is -2.33. The highest BCUT2D eigenvalue weighted by atomic mass is 35.5. The van der Waals surface area contributed by atoms with E-state index in [1.54, 1.807) is 43.3 Å². The summed E-state index contributed by atoms with van der Waals surface area (Å²) >= 11 is 6.19. The number of nitrogens with zero attached hydrogens (tertiary/aromatic N) is 2. The molecule has 0 bridgehead atoms. The number of anilines is 1. The number of hydrogen-bond donors (Lipinski definition) is 1. The molecule has 0 aliphatic carbocycles. The van der Waals surface area contributed by atoms with Gasteiger partial charge in [0.05, 0.1) is 10.6 Å². The van der Waals surface area contributed by atoms with Gasteiger partial charge in [0.1, 0.15) is 12.6 Å². The van der Waals surface area contributed by atoms with Crippen molar-refractivity contribution in [3.8, 4) is 0 Å². The molecule has 0 aliphatic heterocycles. The fraction of sp³-hybridized carbons (Fsp3) is 0.310. The molecule has 2 amide bonds. The largest absolute Gasteiger partial charge is 0.350 e. The van der Waals surface area contributed by atoms with E-state index in [-0.39, 0.29) is 23.0 Å². The highest BCUT2D eigenvalue weighted by Gasteiger charge is 2.33. The Balaban J connectivity index is 2.03. The Morgan fingerprint density at radius 2 is 1.61 bits per heavy atom. The Labute approximate surface area is 230 Å².